The summed E-state index contributed by atoms with van der Waals surface area (Å²) in [4.78, 5) is 1.76. The van der Waals surface area contributed by atoms with Gasteiger partial charge in [-0.2, -0.15) is 0 Å². The molecule has 11 aromatic rings. The molecular formula is C72H36S. The Morgan fingerprint density at radius 3 is 1.04 bits per heavy atom. The Labute approximate surface area is 419 Å². The highest BCUT2D eigenvalue weighted by atomic mass is 32.2. The standard InChI is InChI=1S/C72H36S/c1-7(2)9-5-6-10-66(11(9)8(3)4)71-67-58-50-40-30-22-14-12-13-16-20-18(14)26-34-28(20)38-32-24(16)25-17(13)21-19-15(12)23(22)31-37-27(19)35-29(21)39-33(25)43-42(32)54-48(38)56-46(34)52(44(50)36(26)30)60(67)62(56)69-64(54)65-55(43)49(39)57-47(35)53-45(37)51(41(31)40)59(58)68(71)61(53)63(57)70(65)72(69,71)73-10/h5-8,14,16,18,20,22,24,30,32,40-43,51,55,59,61,63,65,68,70H,1-4H3. The first-order valence-corrected chi connectivity index (χ1v) is 31.0. The average molecular weight is 933 g/mol. The number of benzene rings is 10. The molecule has 1 fully saturated rings. The zero-order valence-electron chi connectivity index (χ0n) is 40.3. The Morgan fingerprint density at radius 2 is 0.616 bits per heavy atom. The van der Waals surface area contributed by atoms with Crippen molar-refractivity contribution >= 4 is 97.9 Å². The minimum atomic E-state index is 0.00501. The van der Waals surface area contributed by atoms with E-state index in [1.807, 2.05) is 203 Å². The van der Waals surface area contributed by atoms with Crippen LogP contribution in [0.15, 0.2) is 17.0 Å². The minimum Gasteiger partial charge on any atom is -0.112 e. The van der Waals surface area contributed by atoms with Gasteiger partial charge in [0.25, 0.3) is 0 Å². The predicted octanol–water partition coefficient (Wildman–Crippen LogP) is 16.7. The van der Waals surface area contributed by atoms with Gasteiger partial charge in [-0.3, -0.25) is 0 Å². The fourth-order valence-corrected chi connectivity index (χ4v) is 35.2. The Kier molecular flexibility index (Phi) is 2.93. The van der Waals surface area contributed by atoms with Crippen LogP contribution >= 0.6 is 11.8 Å². The number of hydrogen-bond donors (Lipinski definition) is 0. The van der Waals surface area contributed by atoms with Crippen molar-refractivity contribution in [2.75, 3.05) is 0 Å². The molecule has 22 atom stereocenters. The SMILES string of the molecule is CC(C)c1ccc2c(c1C(C)C)C13c4c5c6c7c8c9c%10c%11c%12c%13c%14c%15c(c%16c%13c%10c7c4-%16)C1(S2)C1C%15C2c4c7c%10c%13c%15c%16c%17c%18c%19c%20c%21c%22c%23c(c4c4c%22c%19c%16c%104)C2C%14C%12C%23C%21C%11C9C%20C%18C8C6C%17C%15C5C3C%13C71. The zero-order chi connectivity index (χ0) is 44.1. The van der Waals surface area contributed by atoms with Crippen molar-refractivity contribution in [2.24, 2.45) is 11.8 Å². The molecule has 73 heavy (non-hydrogen) atoms. The van der Waals surface area contributed by atoms with Crippen LogP contribution in [0.5, 0.6) is 0 Å². The fourth-order valence-electron chi connectivity index (χ4n) is 33.1. The van der Waals surface area contributed by atoms with Crippen LogP contribution in [0.4, 0.5) is 0 Å². The summed E-state index contributed by atoms with van der Waals surface area (Å²) in [5.74, 6) is 14.3. The summed E-state index contributed by atoms with van der Waals surface area (Å²) in [6, 6.07) is 5.52. The van der Waals surface area contributed by atoms with E-state index < -0.39 is 0 Å². The molecule has 2 spiro atoms. The third-order valence-electron chi connectivity index (χ3n) is 31.6. The molecule has 0 N–H and O–H groups in total. The summed E-state index contributed by atoms with van der Waals surface area (Å²) in [6.45, 7) is 10.4. The topological polar surface area (TPSA) is 0 Å². The molecule has 0 saturated heterocycles. The molecule has 0 aromatic heterocycles. The molecule has 11 aromatic carbocycles. The van der Waals surface area contributed by atoms with Gasteiger partial charge in [-0.15, -0.1) is 11.8 Å². The van der Waals surface area contributed by atoms with Crippen LogP contribution in [0.1, 0.15) is 274 Å². The second-order valence-corrected chi connectivity index (χ2v) is 32.6. The van der Waals surface area contributed by atoms with E-state index in [0.717, 1.165) is 0 Å². The number of fused-ring (bicyclic) bond motifs is 1. The van der Waals surface area contributed by atoms with Crippen molar-refractivity contribution in [3.63, 3.8) is 0 Å². The highest BCUT2D eigenvalue weighted by Crippen LogP contribution is 3.01. The van der Waals surface area contributed by atoms with Gasteiger partial charge in [0.2, 0.25) is 0 Å². The molecule has 1 heteroatoms. The van der Waals surface area contributed by atoms with Gasteiger partial charge in [-0.25, -0.2) is 0 Å². The summed E-state index contributed by atoms with van der Waals surface area (Å²) >= 11 is 2.61. The molecule has 23 aliphatic rings. The maximum atomic E-state index is 2.81. The van der Waals surface area contributed by atoms with Gasteiger partial charge in [0.05, 0.1) is 4.75 Å². The lowest BCUT2D eigenvalue weighted by Crippen LogP contribution is -2.62. The first kappa shape index (κ1) is 30.2. The molecule has 34 rings (SSSR count). The van der Waals surface area contributed by atoms with Crippen LogP contribution in [-0.4, -0.2) is 0 Å². The summed E-state index contributed by atoms with van der Waals surface area (Å²) < 4.78 is 0.0438. The molecule has 0 bridgehead atoms. The van der Waals surface area contributed by atoms with Crippen molar-refractivity contribution in [1.29, 1.82) is 0 Å². The second kappa shape index (κ2) is 7.06. The fraction of sp³-hybridized carbons (Fsp3) is 0.389. The molecule has 330 valence electrons. The van der Waals surface area contributed by atoms with Crippen molar-refractivity contribution in [3.05, 3.63) is 140 Å². The molecule has 1 heterocycles. The van der Waals surface area contributed by atoms with Gasteiger partial charge in [0.1, 0.15) is 0 Å². The van der Waals surface area contributed by atoms with Crippen LogP contribution in [-0.2, 0) is 10.2 Å². The second-order valence-electron chi connectivity index (χ2n) is 31.4. The maximum absolute atomic E-state index is 2.81. The van der Waals surface area contributed by atoms with Crippen LogP contribution in [0.2, 0.25) is 0 Å². The van der Waals surface area contributed by atoms with Crippen molar-refractivity contribution in [1.82, 2.24) is 0 Å². The first-order chi connectivity index (χ1) is 36.1. The molecule has 1 aliphatic heterocycles. The van der Waals surface area contributed by atoms with Crippen LogP contribution in [0, 0.1) is 11.8 Å². The number of hydrogen-bond acceptors (Lipinski definition) is 1. The van der Waals surface area contributed by atoms with Crippen molar-refractivity contribution in [3.8, 4) is 11.1 Å². The smallest absolute Gasteiger partial charge is 0.0645 e. The van der Waals surface area contributed by atoms with Crippen molar-refractivity contribution in [2.45, 2.75) is 161 Å². The van der Waals surface area contributed by atoms with Gasteiger partial charge in [0.15, 0.2) is 0 Å². The van der Waals surface area contributed by atoms with Gasteiger partial charge in [-0.05, 0) is 362 Å². The van der Waals surface area contributed by atoms with Crippen molar-refractivity contribution < 1.29 is 0 Å². The van der Waals surface area contributed by atoms with Crippen LogP contribution in [0.3, 0.4) is 0 Å². The van der Waals surface area contributed by atoms with E-state index in [4.69, 9.17) is 0 Å². The monoisotopic (exact) mass is 932 g/mol. The lowest BCUT2D eigenvalue weighted by Gasteiger charge is -2.65. The molecule has 0 nitrogen and oxygen atoms in total. The lowest BCUT2D eigenvalue weighted by atomic mass is 9.39. The number of thioether (sulfide) groups is 1. The minimum absolute atomic E-state index is 0.00501. The Bertz CT molecular complexity index is 5600. The molecule has 22 aliphatic carbocycles. The number of rotatable bonds is 2. The lowest BCUT2D eigenvalue weighted by molar-refractivity contribution is 0.0336. The summed E-state index contributed by atoms with van der Waals surface area (Å²) in [5.41, 5.74) is 50.2. The van der Waals surface area contributed by atoms with E-state index in [1.54, 1.807) is 10.5 Å². The Balaban J connectivity index is 1.01. The molecule has 0 radical (unpaired) electrons. The largest absolute Gasteiger partial charge is 0.112 e. The van der Waals surface area contributed by atoms with Gasteiger partial charge >= 0.3 is 0 Å². The molecule has 22 unspecified atom stereocenters. The normalized spacial score (nSPS) is 46.7. The summed E-state index contributed by atoms with van der Waals surface area (Å²) in [5, 5.41) is 30.8. The van der Waals surface area contributed by atoms with Crippen LogP contribution in [0.25, 0.3) is 97.3 Å². The van der Waals surface area contributed by atoms with Gasteiger partial charge in [-0.1, -0.05) is 33.8 Å². The zero-order valence-corrected chi connectivity index (χ0v) is 41.1. The average Bonchev–Trinajstić information content (AvgIpc) is 4.41. The van der Waals surface area contributed by atoms with E-state index in [1.165, 1.54) is 0 Å². The molecule has 1 saturated carbocycles. The first-order valence-electron chi connectivity index (χ1n) is 30.1. The quantitative estimate of drug-likeness (QED) is 0.156. The van der Waals surface area contributed by atoms with E-state index in [2.05, 4.69) is 68.3 Å². The Morgan fingerprint density at radius 1 is 0.301 bits per heavy atom. The molecule has 0 amide bonds. The van der Waals surface area contributed by atoms with Crippen LogP contribution < -0.4 is 0 Å². The van der Waals surface area contributed by atoms with Gasteiger partial charge < -0.3 is 0 Å². The third-order valence-corrected chi connectivity index (χ3v) is 33.3. The molecular weight excluding hydrogens is 897 g/mol. The highest BCUT2D eigenvalue weighted by molar-refractivity contribution is 8.00. The predicted molar refractivity (Wildman–Crippen MR) is 285 cm³/mol. The van der Waals surface area contributed by atoms with Gasteiger partial charge in [0, 0.05) is 10.3 Å². The highest BCUT2D eigenvalue weighted by Gasteiger charge is 2.90. The Hall–Kier alpha value is -5.37. The summed E-state index contributed by atoms with van der Waals surface area (Å²) in [6.07, 6.45) is 0. The van der Waals surface area contributed by atoms with E-state index >= 15 is 0 Å². The maximum Gasteiger partial charge on any atom is 0.0645 e. The third kappa shape index (κ3) is 1.71. The van der Waals surface area contributed by atoms with E-state index in [9.17, 15) is 0 Å². The summed E-state index contributed by atoms with van der Waals surface area (Å²) in [7, 11) is 0. The van der Waals surface area contributed by atoms with E-state index in [-0.39, 0.29) is 10.2 Å². The van der Waals surface area contributed by atoms with E-state index in [0.29, 0.717) is 130 Å².